The minimum absolute atomic E-state index is 0.143. The van der Waals surface area contributed by atoms with Gasteiger partial charge in [-0.25, -0.2) is 8.78 Å². The van der Waals surface area contributed by atoms with Gasteiger partial charge in [-0.2, -0.15) is 15.0 Å². The Kier molecular flexibility index (Phi) is 6.17. The van der Waals surface area contributed by atoms with Gasteiger partial charge < -0.3 is 15.0 Å². The van der Waals surface area contributed by atoms with E-state index in [-0.39, 0.29) is 12.0 Å². The van der Waals surface area contributed by atoms with E-state index >= 15 is 0 Å². The van der Waals surface area contributed by atoms with Gasteiger partial charge in [0.15, 0.2) is 0 Å². The van der Waals surface area contributed by atoms with Crippen molar-refractivity contribution in [2.45, 2.75) is 26.7 Å². The molecule has 1 N–H and O–H groups in total. The van der Waals surface area contributed by atoms with E-state index in [4.69, 9.17) is 4.74 Å². The second-order valence-electron chi connectivity index (χ2n) is 3.89. The first-order valence-corrected chi connectivity index (χ1v) is 6.18. The topological polar surface area (TPSA) is 63.2 Å². The third kappa shape index (κ3) is 5.19. The number of nitrogens with one attached hydrogen (secondary N) is 1. The Hall–Kier alpha value is -1.73. The van der Waals surface area contributed by atoms with Crippen LogP contribution < -0.4 is 15.0 Å². The molecule has 0 fully saturated rings. The molecule has 0 amide bonds. The molecule has 0 atom stereocenters. The van der Waals surface area contributed by atoms with Gasteiger partial charge in [-0.15, -0.1) is 0 Å². The second kappa shape index (κ2) is 7.65. The zero-order valence-corrected chi connectivity index (χ0v) is 11.4. The van der Waals surface area contributed by atoms with Crippen LogP contribution in [0.25, 0.3) is 0 Å². The first-order chi connectivity index (χ1) is 9.06. The number of alkyl halides is 2. The fourth-order valence-electron chi connectivity index (χ4n) is 1.30. The van der Waals surface area contributed by atoms with Crippen molar-refractivity contribution >= 4 is 11.9 Å². The van der Waals surface area contributed by atoms with Gasteiger partial charge in [-0.3, -0.25) is 0 Å². The molecule has 0 aliphatic carbocycles. The molecule has 6 nitrogen and oxygen atoms in total. The van der Waals surface area contributed by atoms with Crippen LogP contribution in [0.5, 0.6) is 6.01 Å². The van der Waals surface area contributed by atoms with Crippen LogP contribution in [-0.4, -0.2) is 48.1 Å². The van der Waals surface area contributed by atoms with Gasteiger partial charge in [0, 0.05) is 13.6 Å². The lowest BCUT2D eigenvalue weighted by molar-refractivity contribution is 0.156. The number of halogens is 2. The molecule has 1 aromatic heterocycles. The highest BCUT2D eigenvalue weighted by atomic mass is 19.3. The number of aromatic nitrogens is 3. The van der Waals surface area contributed by atoms with Crippen LogP contribution in [0.15, 0.2) is 0 Å². The first kappa shape index (κ1) is 15.3. The number of anilines is 2. The Morgan fingerprint density at radius 2 is 2.00 bits per heavy atom. The summed E-state index contributed by atoms with van der Waals surface area (Å²) >= 11 is 0. The predicted octanol–water partition coefficient (Wildman–Crippen LogP) is 1.79. The van der Waals surface area contributed by atoms with Crippen molar-refractivity contribution in [3.8, 4) is 6.01 Å². The summed E-state index contributed by atoms with van der Waals surface area (Å²) in [5.41, 5.74) is 0. The van der Waals surface area contributed by atoms with Crippen molar-refractivity contribution in [2.75, 3.05) is 37.0 Å². The Balaban J connectivity index is 2.91. The smallest absolute Gasteiger partial charge is 0.323 e. The normalized spacial score (nSPS) is 10.6. The minimum Gasteiger partial charge on any atom is -0.463 e. The van der Waals surface area contributed by atoms with Crippen LogP contribution in [0, 0.1) is 0 Å². The van der Waals surface area contributed by atoms with Crippen LogP contribution in [0.1, 0.15) is 20.3 Å². The van der Waals surface area contributed by atoms with E-state index < -0.39 is 13.0 Å². The highest BCUT2D eigenvalue weighted by Crippen LogP contribution is 2.15. The van der Waals surface area contributed by atoms with Crippen molar-refractivity contribution < 1.29 is 13.5 Å². The van der Waals surface area contributed by atoms with Crippen molar-refractivity contribution in [3.63, 3.8) is 0 Å². The maximum Gasteiger partial charge on any atom is 0.323 e. The molecule has 108 valence electrons. The lowest BCUT2D eigenvalue weighted by Gasteiger charge is -2.17. The molecular weight excluding hydrogens is 256 g/mol. The van der Waals surface area contributed by atoms with E-state index in [2.05, 4.69) is 20.3 Å². The molecule has 0 unspecified atom stereocenters. The third-order valence-electron chi connectivity index (χ3n) is 2.13. The summed E-state index contributed by atoms with van der Waals surface area (Å²) in [5.74, 6) is 0.483. The first-order valence-electron chi connectivity index (χ1n) is 6.18. The molecule has 1 aromatic rings. The molecule has 0 saturated carbocycles. The number of rotatable bonds is 8. The van der Waals surface area contributed by atoms with E-state index in [1.54, 1.807) is 0 Å². The van der Waals surface area contributed by atoms with Crippen molar-refractivity contribution in [1.82, 2.24) is 15.0 Å². The molecule has 0 aliphatic rings. The summed E-state index contributed by atoms with van der Waals surface area (Å²) in [7, 11) is 1.50. The monoisotopic (exact) mass is 275 g/mol. The molecular formula is C11H19F2N5O. The molecule has 1 rings (SSSR count). The summed E-state index contributed by atoms with van der Waals surface area (Å²) in [6.07, 6.45) is -1.64. The summed E-state index contributed by atoms with van der Waals surface area (Å²) in [6.45, 7) is 4.49. The molecule has 19 heavy (non-hydrogen) atoms. The quantitative estimate of drug-likeness (QED) is 0.780. The SMILES string of the molecule is CCCOc1nc(NCC)nc(N(C)CC(F)F)n1. The van der Waals surface area contributed by atoms with Gasteiger partial charge in [-0.05, 0) is 13.3 Å². The van der Waals surface area contributed by atoms with Gasteiger partial charge in [0.25, 0.3) is 6.43 Å². The van der Waals surface area contributed by atoms with Crippen LogP contribution in [-0.2, 0) is 0 Å². The maximum atomic E-state index is 12.4. The lowest BCUT2D eigenvalue weighted by Crippen LogP contribution is -2.26. The molecule has 0 radical (unpaired) electrons. The fourth-order valence-corrected chi connectivity index (χ4v) is 1.30. The van der Waals surface area contributed by atoms with Crippen LogP contribution >= 0.6 is 0 Å². The zero-order valence-electron chi connectivity index (χ0n) is 11.4. The predicted molar refractivity (Wildman–Crippen MR) is 69.1 cm³/mol. The molecule has 0 aliphatic heterocycles. The Labute approximate surface area is 111 Å². The standard InChI is InChI=1S/C11H19F2N5O/c1-4-6-19-11-16-9(14-5-2)15-10(17-11)18(3)7-8(12)13/h8H,4-7H2,1-3H3,(H,14,15,16,17). The number of nitrogens with zero attached hydrogens (tertiary/aromatic N) is 4. The van der Waals surface area contributed by atoms with Crippen molar-refractivity contribution in [1.29, 1.82) is 0 Å². The zero-order chi connectivity index (χ0) is 14.3. The summed E-state index contributed by atoms with van der Waals surface area (Å²) in [5, 5.41) is 2.92. The van der Waals surface area contributed by atoms with Gasteiger partial charge in [0.1, 0.15) is 0 Å². The Morgan fingerprint density at radius 1 is 1.26 bits per heavy atom. The van der Waals surface area contributed by atoms with Gasteiger partial charge in [0.05, 0.1) is 13.2 Å². The molecule has 0 aromatic carbocycles. The number of hydrogen-bond acceptors (Lipinski definition) is 6. The summed E-state index contributed by atoms with van der Waals surface area (Å²) in [4.78, 5) is 13.4. The highest BCUT2D eigenvalue weighted by molar-refractivity contribution is 5.37. The van der Waals surface area contributed by atoms with E-state index in [0.29, 0.717) is 19.1 Å². The van der Waals surface area contributed by atoms with E-state index in [1.807, 2.05) is 13.8 Å². The van der Waals surface area contributed by atoms with Gasteiger partial charge in [-0.1, -0.05) is 6.92 Å². The van der Waals surface area contributed by atoms with Gasteiger partial charge >= 0.3 is 6.01 Å². The summed E-state index contributed by atoms with van der Waals surface area (Å²) in [6, 6.07) is 0.143. The van der Waals surface area contributed by atoms with Crippen LogP contribution in [0.3, 0.4) is 0 Å². The lowest BCUT2D eigenvalue weighted by atomic mass is 10.5. The van der Waals surface area contributed by atoms with E-state index in [9.17, 15) is 8.78 Å². The maximum absolute atomic E-state index is 12.4. The minimum atomic E-state index is -2.45. The molecule has 1 heterocycles. The van der Waals surface area contributed by atoms with Crippen molar-refractivity contribution in [2.24, 2.45) is 0 Å². The number of hydrogen-bond donors (Lipinski definition) is 1. The van der Waals surface area contributed by atoms with E-state index in [0.717, 1.165) is 6.42 Å². The van der Waals surface area contributed by atoms with Crippen molar-refractivity contribution in [3.05, 3.63) is 0 Å². The van der Waals surface area contributed by atoms with Gasteiger partial charge in [0.2, 0.25) is 11.9 Å². The molecule has 8 heteroatoms. The average Bonchev–Trinajstić information content (AvgIpc) is 2.35. The Bertz CT molecular complexity index is 391. The second-order valence-corrected chi connectivity index (χ2v) is 3.89. The van der Waals surface area contributed by atoms with Crippen LogP contribution in [0.2, 0.25) is 0 Å². The summed E-state index contributed by atoms with van der Waals surface area (Å²) < 4.78 is 30.0. The fraction of sp³-hybridized carbons (Fsp3) is 0.727. The van der Waals surface area contributed by atoms with Crippen LogP contribution in [0.4, 0.5) is 20.7 Å². The molecule has 0 bridgehead atoms. The Morgan fingerprint density at radius 3 is 2.58 bits per heavy atom. The average molecular weight is 275 g/mol. The molecule has 0 spiro atoms. The third-order valence-corrected chi connectivity index (χ3v) is 2.13. The largest absolute Gasteiger partial charge is 0.463 e. The molecule has 0 saturated heterocycles. The highest BCUT2D eigenvalue weighted by Gasteiger charge is 2.14. The number of ether oxygens (including phenoxy) is 1. The van der Waals surface area contributed by atoms with E-state index in [1.165, 1.54) is 11.9 Å².